The monoisotopic (exact) mass is 185 g/mol. The average molecular weight is 185 g/mol. The summed E-state index contributed by atoms with van der Waals surface area (Å²) in [6, 6.07) is 0.249. The first-order valence-corrected chi connectivity index (χ1v) is 4.93. The maximum Gasteiger partial charge on any atom is 0.237 e. The number of carbonyl (C=O) groups excluding carboxylic acids is 1. The van der Waals surface area contributed by atoms with Crippen molar-refractivity contribution >= 4 is 5.91 Å². The van der Waals surface area contributed by atoms with Crippen LogP contribution in [0, 0.1) is 0 Å². The number of rotatable bonds is 3. The average Bonchev–Trinajstić information content (AvgIpc) is 2.04. The standard InChI is InChI=1S/C9H19N3O/c1-8(2)12-9(13)4-3-6-11(12)7-5-10/h8H,3-7,10H2,1-2H3. The fourth-order valence-electron chi connectivity index (χ4n) is 1.78. The molecule has 0 bridgehead atoms. The molecule has 76 valence electrons. The predicted molar refractivity (Wildman–Crippen MR) is 51.8 cm³/mol. The molecule has 0 saturated carbocycles. The quantitative estimate of drug-likeness (QED) is 0.683. The number of amides is 1. The minimum Gasteiger partial charge on any atom is -0.329 e. The van der Waals surface area contributed by atoms with E-state index in [4.69, 9.17) is 5.73 Å². The molecule has 13 heavy (non-hydrogen) atoms. The Morgan fingerprint density at radius 1 is 1.54 bits per heavy atom. The second kappa shape index (κ2) is 4.58. The molecule has 1 aliphatic heterocycles. The second-order valence-electron chi connectivity index (χ2n) is 3.68. The third-order valence-corrected chi connectivity index (χ3v) is 2.24. The van der Waals surface area contributed by atoms with E-state index in [0.717, 1.165) is 19.5 Å². The normalized spacial score (nSPS) is 20.0. The molecule has 0 spiro atoms. The summed E-state index contributed by atoms with van der Waals surface area (Å²) in [5, 5.41) is 3.91. The summed E-state index contributed by atoms with van der Waals surface area (Å²) in [7, 11) is 0. The fraction of sp³-hybridized carbons (Fsp3) is 0.889. The number of carbonyl (C=O) groups is 1. The number of hydrogen-bond acceptors (Lipinski definition) is 3. The highest BCUT2D eigenvalue weighted by Crippen LogP contribution is 2.14. The van der Waals surface area contributed by atoms with Gasteiger partial charge in [0.1, 0.15) is 0 Å². The van der Waals surface area contributed by atoms with Gasteiger partial charge < -0.3 is 5.73 Å². The van der Waals surface area contributed by atoms with Crippen molar-refractivity contribution in [3.8, 4) is 0 Å². The molecule has 1 saturated heterocycles. The Kier molecular flexibility index (Phi) is 3.69. The number of hydrazine groups is 1. The van der Waals surface area contributed by atoms with Crippen molar-refractivity contribution in [3.63, 3.8) is 0 Å². The van der Waals surface area contributed by atoms with E-state index in [1.165, 1.54) is 0 Å². The summed E-state index contributed by atoms with van der Waals surface area (Å²) in [4.78, 5) is 11.6. The lowest BCUT2D eigenvalue weighted by atomic mass is 10.2. The Morgan fingerprint density at radius 2 is 2.23 bits per heavy atom. The maximum absolute atomic E-state index is 11.6. The minimum absolute atomic E-state index is 0.231. The van der Waals surface area contributed by atoms with Gasteiger partial charge in [-0.3, -0.25) is 9.80 Å². The van der Waals surface area contributed by atoms with Crippen molar-refractivity contribution in [3.05, 3.63) is 0 Å². The van der Waals surface area contributed by atoms with E-state index in [-0.39, 0.29) is 11.9 Å². The van der Waals surface area contributed by atoms with Crippen LogP contribution in [0.5, 0.6) is 0 Å². The van der Waals surface area contributed by atoms with Crippen LogP contribution in [0.15, 0.2) is 0 Å². The summed E-state index contributed by atoms with van der Waals surface area (Å²) < 4.78 is 0. The summed E-state index contributed by atoms with van der Waals surface area (Å²) >= 11 is 0. The van der Waals surface area contributed by atoms with Crippen molar-refractivity contribution in [1.82, 2.24) is 10.0 Å². The van der Waals surface area contributed by atoms with Crippen LogP contribution in [0.25, 0.3) is 0 Å². The van der Waals surface area contributed by atoms with E-state index < -0.39 is 0 Å². The Labute approximate surface area is 79.6 Å². The molecular formula is C9H19N3O. The summed E-state index contributed by atoms with van der Waals surface area (Å²) in [5.74, 6) is 0.231. The molecule has 0 aromatic rings. The third-order valence-electron chi connectivity index (χ3n) is 2.24. The zero-order chi connectivity index (χ0) is 9.84. The molecule has 1 aliphatic rings. The molecule has 1 heterocycles. The van der Waals surface area contributed by atoms with E-state index in [2.05, 4.69) is 5.01 Å². The minimum atomic E-state index is 0.231. The fourth-order valence-corrected chi connectivity index (χ4v) is 1.78. The van der Waals surface area contributed by atoms with Crippen LogP contribution in [0.3, 0.4) is 0 Å². The lowest BCUT2D eigenvalue weighted by Crippen LogP contribution is -2.54. The Balaban J connectivity index is 2.62. The maximum atomic E-state index is 11.6. The molecule has 0 atom stereocenters. The number of nitrogens with zero attached hydrogens (tertiary/aromatic N) is 2. The van der Waals surface area contributed by atoms with Gasteiger partial charge in [0.15, 0.2) is 0 Å². The van der Waals surface area contributed by atoms with Crippen molar-refractivity contribution in [2.24, 2.45) is 5.73 Å². The molecule has 2 N–H and O–H groups in total. The van der Waals surface area contributed by atoms with E-state index in [1.54, 1.807) is 0 Å². The largest absolute Gasteiger partial charge is 0.329 e. The summed E-state index contributed by atoms with van der Waals surface area (Å²) in [6.45, 7) is 6.42. The van der Waals surface area contributed by atoms with Gasteiger partial charge in [-0.15, -0.1) is 0 Å². The predicted octanol–water partition coefficient (Wildman–Crippen LogP) is 0.193. The van der Waals surface area contributed by atoms with Crippen molar-refractivity contribution < 1.29 is 4.79 Å². The van der Waals surface area contributed by atoms with Crippen LogP contribution >= 0.6 is 0 Å². The molecule has 4 heteroatoms. The van der Waals surface area contributed by atoms with Crippen LogP contribution < -0.4 is 5.73 Å². The van der Waals surface area contributed by atoms with Gasteiger partial charge in [-0.1, -0.05) is 0 Å². The van der Waals surface area contributed by atoms with E-state index in [0.29, 0.717) is 13.0 Å². The SMILES string of the molecule is CC(C)N1C(=O)CCCN1CCN. The van der Waals surface area contributed by atoms with Crippen LogP contribution in [0.2, 0.25) is 0 Å². The molecule has 4 nitrogen and oxygen atoms in total. The first kappa shape index (κ1) is 10.5. The Hall–Kier alpha value is -0.610. The second-order valence-corrected chi connectivity index (χ2v) is 3.68. The van der Waals surface area contributed by atoms with Crippen molar-refractivity contribution in [1.29, 1.82) is 0 Å². The zero-order valence-electron chi connectivity index (χ0n) is 8.49. The van der Waals surface area contributed by atoms with Crippen LogP contribution in [0.1, 0.15) is 26.7 Å². The van der Waals surface area contributed by atoms with Gasteiger partial charge >= 0.3 is 0 Å². The van der Waals surface area contributed by atoms with Gasteiger partial charge in [0.25, 0.3) is 0 Å². The molecule has 0 aromatic carbocycles. The molecule has 1 amide bonds. The van der Waals surface area contributed by atoms with Gasteiger partial charge in [-0.2, -0.15) is 0 Å². The van der Waals surface area contributed by atoms with E-state index >= 15 is 0 Å². The number of nitrogens with two attached hydrogens (primary N) is 1. The van der Waals surface area contributed by atoms with Gasteiger partial charge in [0.2, 0.25) is 5.91 Å². The van der Waals surface area contributed by atoms with Gasteiger partial charge in [0.05, 0.1) is 0 Å². The lowest BCUT2D eigenvalue weighted by molar-refractivity contribution is -0.160. The van der Waals surface area contributed by atoms with Crippen LogP contribution in [-0.4, -0.2) is 41.6 Å². The molecule has 1 rings (SSSR count). The van der Waals surface area contributed by atoms with Crippen LogP contribution in [-0.2, 0) is 4.79 Å². The third kappa shape index (κ3) is 2.42. The Bertz CT molecular complexity index is 180. The summed E-state index contributed by atoms with van der Waals surface area (Å²) in [5.41, 5.74) is 5.49. The highest BCUT2D eigenvalue weighted by Gasteiger charge is 2.27. The van der Waals surface area contributed by atoms with E-state index in [1.807, 2.05) is 18.9 Å². The summed E-state index contributed by atoms with van der Waals surface area (Å²) in [6.07, 6.45) is 1.64. The number of hydrogen-bond donors (Lipinski definition) is 1. The Morgan fingerprint density at radius 3 is 2.77 bits per heavy atom. The van der Waals surface area contributed by atoms with Crippen molar-refractivity contribution in [2.45, 2.75) is 32.7 Å². The smallest absolute Gasteiger partial charge is 0.237 e. The van der Waals surface area contributed by atoms with Gasteiger partial charge in [-0.05, 0) is 20.3 Å². The molecule has 0 aliphatic carbocycles. The lowest BCUT2D eigenvalue weighted by Gasteiger charge is -2.41. The highest BCUT2D eigenvalue weighted by molar-refractivity contribution is 5.76. The molecular weight excluding hydrogens is 166 g/mol. The molecule has 0 aromatic heterocycles. The van der Waals surface area contributed by atoms with Crippen LogP contribution in [0.4, 0.5) is 0 Å². The molecule has 0 radical (unpaired) electrons. The first-order valence-electron chi connectivity index (χ1n) is 4.93. The van der Waals surface area contributed by atoms with E-state index in [9.17, 15) is 4.79 Å². The highest BCUT2D eigenvalue weighted by atomic mass is 16.2. The topological polar surface area (TPSA) is 49.6 Å². The van der Waals surface area contributed by atoms with Crippen molar-refractivity contribution in [2.75, 3.05) is 19.6 Å². The molecule has 1 fully saturated rings. The van der Waals surface area contributed by atoms with Gasteiger partial charge in [0, 0.05) is 32.1 Å². The molecule has 0 unspecified atom stereocenters. The van der Waals surface area contributed by atoms with Gasteiger partial charge in [-0.25, -0.2) is 5.01 Å². The first-order chi connectivity index (χ1) is 6.16. The zero-order valence-corrected chi connectivity index (χ0v) is 8.49.